The normalized spacial score (nSPS) is 37.3. The van der Waals surface area contributed by atoms with E-state index in [0.717, 1.165) is 31.8 Å². The highest BCUT2D eigenvalue weighted by molar-refractivity contribution is 5.77. The maximum atomic E-state index is 13.1. The largest absolute Gasteiger partial charge is 0.339 e. The Morgan fingerprint density at radius 3 is 2.67 bits per heavy atom. The Morgan fingerprint density at radius 2 is 1.93 bits per heavy atom. The van der Waals surface area contributed by atoms with Gasteiger partial charge in [0, 0.05) is 36.8 Å². The van der Waals surface area contributed by atoms with E-state index < -0.39 is 0 Å². The number of carbonyl (C=O) groups excluding carboxylic acids is 1. The number of nitrogens with zero attached hydrogens (tertiary/aromatic N) is 3. The zero-order chi connectivity index (χ0) is 19.4. The van der Waals surface area contributed by atoms with Crippen molar-refractivity contribution in [3.05, 3.63) is 17.0 Å². The molecule has 3 fully saturated rings. The minimum atomic E-state index is 0.318. The molecular weight excluding hydrogens is 334 g/mol. The molecule has 0 spiro atoms. The summed E-state index contributed by atoms with van der Waals surface area (Å²) in [7, 11) is 0. The molecule has 4 heteroatoms. The van der Waals surface area contributed by atoms with Crippen molar-refractivity contribution in [2.24, 2.45) is 22.2 Å². The first-order valence-corrected chi connectivity index (χ1v) is 10.9. The van der Waals surface area contributed by atoms with Crippen molar-refractivity contribution in [1.29, 1.82) is 0 Å². The van der Waals surface area contributed by atoms with Crippen LogP contribution >= 0.6 is 0 Å². The van der Waals surface area contributed by atoms with Crippen LogP contribution in [0.15, 0.2) is 0 Å². The molecule has 4 aliphatic rings. The molecule has 2 saturated carbocycles. The molecule has 1 aliphatic heterocycles. The molecule has 0 radical (unpaired) electrons. The van der Waals surface area contributed by atoms with Gasteiger partial charge in [-0.05, 0) is 60.7 Å². The maximum Gasteiger partial charge on any atom is 0.224 e. The fourth-order valence-corrected chi connectivity index (χ4v) is 7.45. The van der Waals surface area contributed by atoms with Crippen LogP contribution in [0.4, 0.5) is 0 Å². The van der Waals surface area contributed by atoms with Gasteiger partial charge < -0.3 is 4.90 Å². The second-order valence-corrected chi connectivity index (χ2v) is 11.8. The first-order chi connectivity index (χ1) is 12.5. The molecule has 5 rings (SSSR count). The van der Waals surface area contributed by atoms with Crippen molar-refractivity contribution < 1.29 is 4.79 Å². The highest BCUT2D eigenvalue weighted by atomic mass is 16.2. The summed E-state index contributed by atoms with van der Waals surface area (Å²) in [5.74, 6) is 1.84. The van der Waals surface area contributed by atoms with Crippen LogP contribution in [0.25, 0.3) is 0 Å². The fraction of sp³-hybridized carbons (Fsp3) is 0.826. The predicted octanol–water partition coefficient (Wildman–Crippen LogP) is 4.30. The molecule has 2 heterocycles. The van der Waals surface area contributed by atoms with Gasteiger partial charge in [0.05, 0.1) is 5.69 Å². The van der Waals surface area contributed by atoms with Crippen molar-refractivity contribution >= 4 is 5.91 Å². The Morgan fingerprint density at radius 1 is 1.19 bits per heavy atom. The van der Waals surface area contributed by atoms with Gasteiger partial charge in [-0.25, -0.2) is 0 Å². The highest BCUT2D eigenvalue weighted by Crippen LogP contribution is 2.70. The van der Waals surface area contributed by atoms with Crippen molar-refractivity contribution in [3.63, 3.8) is 0 Å². The number of likely N-dealkylation sites (tertiary alicyclic amines) is 1. The summed E-state index contributed by atoms with van der Waals surface area (Å²) in [5, 5.41) is 4.82. The second-order valence-electron chi connectivity index (χ2n) is 11.8. The molecule has 3 aliphatic carbocycles. The topological polar surface area (TPSA) is 38.1 Å². The summed E-state index contributed by atoms with van der Waals surface area (Å²) in [4.78, 5) is 15.3. The second kappa shape index (κ2) is 5.18. The lowest BCUT2D eigenvalue weighted by Crippen LogP contribution is -2.38. The molecule has 1 saturated heterocycles. The van der Waals surface area contributed by atoms with Gasteiger partial charge in [-0.3, -0.25) is 9.48 Å². The summed E-state index contributed by atoms with van der Waals surface area (Å²) in [5.41, 5.74) is 5.25. The molecule has 4 nitrogen and oxygen atoms in total. The number of carbonyl (C=O) groups is 1. The number of hydrogen-bond acceptors (Lipinski definition) is 2. The van der Waals surface area contributed by atoms with Gasteiger partial charge in [0.2, 0.25) is 5.91 Å². The quantitative estimate of drug-likeness (QED) is 0.796. The molecule has 0 unspecified atom stereocenters. The van der Waals surface area contributed by atoms with Crippen LogP contribution in [0.5, 0.6) is 0 Å². The smallest absolute Gasteiger partial charge is 0.224 e. The number of rotatable bonds is 3. The summed E-state index contributed by atoms with van der Waals surface area (Å²) in [6.07, 6.45) is 5.34. The van der Waals surface area contributed by atoms with E-state index >= 15 is 0 Å². The average Bonchev–Trinajstić information content (AvgIpc) is 2.90. The number of amides is 1. The molecular formula is C23H35N3O. The number of aromatic nitrogens is 2. The Bertz CT molecular complexity index is 820. The van der Waals surface area contributed by atoms with Gasteiger partial charge in [0.25, 0.3) is 0 Å². The maximum absolute atomic E-state index is 13.1. The molecule has 1 aromatic heterocycles. The van der Waals surface area contributed by atoms with Gasteiger partial charge in [-0.2, -0.15) is 5.10 Å². The van der Waals surface area contributed by atoms with Crippen molar-refractivity contribution in [1.82, 2.24) is 14.7 Å². The monoisotopic (exact) mass is 369 g/mol. The third-order valence-electron chi connectivity index (χ3n) is 8.33. The van der Waals surface area contributed by atoms with E-state index in [9.17, 15) is 4.79 Å². The first-order valence-electron chi connectivity index (χ1n) is 10.9. The van der Waals surface area contributed by atoms with Crippen LogP contribution in [0.2, 0.25) is 0 Å². The van der Waals surface area contributed by atoms with E-state index in [2.05, 4.69) is 51.1 Å². The van der Waals surface area contributed by atoms with Gasteiger partial charge in [0.15, 0.2) is 0 Å². The average molecular weight is 370 g/mol. The Balaban J connectivity index is 1.28. The lowest BCUT2D eigenvalue weighted by molar-refractivity contribution is -0.132. The Labute approximate surface area is 163 Å². The Hall–Kier alpha value is -1.32. The van der Waals surface area contributed by atoms with Gasteiger partial charge in [-0.1, -0.05) is 34.6 Å². The molecule has 1 aromatic rings. The standard InChI is InChI=1S/C23H35N3O/c1-14-19-17(9-16-20(19)22(16,4)5)26(24-14)8-7-18(27)25-13-23(6)11-15(25)10-21(2,3)12-23/h15-16,20H,7-13H2,1-6H3/t15-,16+,20-,23+/m1/s1. The SMILES string of the molecule is Cc1nn(CCC(=O)N2C[C@@]3(C)C[C@H]2CC(C)(C)C3)c2c1[C@H]1[C@H](C2)C1(C)C. The van der Waals surface area contributed by atoms with Gasteiger partial charge in [0.1, 0.15) is 0 Å². The van der Waals surface area contributed by atoms with Crippen LogP contribution in [-0.4, -0.2) is 33.2 Å². The van der Waals surface area contributed by atoms with Crippen LogP contribution in [0.1, 0.15) is 83.2 Å². The third-order valence-corrected chi connectivity index (χ3v) is 8.33. The first kappa shape index (κ1) is 17.8. The van der Waals surface area contributed by atoms with Crippen LogP contribution < -0.4 is 0 Å². The lowest BCUT2D eigenvalue weighted by atomic mass is 9.65. The van der Waals surface area contributed by atoms with E-state index in [-0.39, 0.29) is 0 Å². The molecule has 2 bridgehead atoms. The summed E-state index contributed by atoms with van der Waals surface area (Å²) in [6.45, 7) is 15.7. The fourth-order valence-electron chi connectivity index (χ4n) is 7.45. The number of hydrogen-bond donors (Lipinski definition) is 0. The molecule has 4 atom stereocenters. The summed E-state index contributed by atoms with van der Waals surface area (Å²) in [6, 6.07) is 0.449. The zero-order valence-corrected chi connectivity index (χ0v) is 17.9. The zero-order valence-electron chi connectivity index (χ0n) is 17.9. The van der Waals surface area contributed by atoms with Gasteiger partial charge in [-0.15, -0.1) is 0 Å². The van der Waals surface area contributed by atoms with Crippen molar-refractivity contribution in [2.75, 3.05) is 6.54 Å². The minimum absolute atomic E-state index is 0.318. The van der Waals surface area contributed by atoms with E-state index in [1.165, 1.54) is 29.8 Å². The number of fused-ring (bicyclic) bond motifs is 5. The van der Waals surface area contributed by atoms with Gasteiger partial charge >= 0.3 is 0 Å². The van der Waals surface area contributed by atoms with Crippen LogP contribution in [0, 0.1) is 29.1 Å². The highest BCUT2D eigenvalue weighted by Gasteiger charge is 2.63. The minimum Gasteiger partial charge on any atom is -0.339 e. The number of aryl methyl sites for hydroxylation is 2. The lowest BCUT2D eigenvalue weighted by Gasteiger charge is -2.39. The molecule has 0 aromatic carbocycles. The van der Waals surface area contributed by atoms with Crippen molar-refractivity contribution in [2.45, 2.75) is 92.2 Å². The van der Waals surface area contributed by atoms with E-state index in [0.29, 0.717) is 40.5 Å². The molecule has 1 amide bonds. The van der Waals surface area contributed by atoms with E-state index in [4.69, 9.17) is 5.10 Å². The third kappa shape index (κ3) is 2.54. The Kier molecular flexibility index (Phi) is 3.41. The molecule has 148 valence electrons. The molecule has 27 heavy (non-hydrogen) atoms. The summed E-state index contributed by atoms with van der Waals surface area (Å²) >= 11 is 0. The van der Waals surface area contributed by atoms with Crippen LogP contribution in [-0.2, 0) is 17.8 Å². The van der Waals surface area contributed by atoms with Crippen LogP contribution in [0.3, 0.4) is 0 Å². The molecule has 0 N–H and O–H groups in total. The predicted molar refractivity (Wildman–Crippen MR) is 107 cm³/mol. The van der Waals surface area contributed by atoms with E-state index in [1.807, 2.05) is 0 Å². The van der Waals surface area contributed by atoms with Crippen molar-refractivity contribution in [3.8, 4) is 0 Å². The van der Waals surface area contributed by atoms with E-state index in [1.54, 1.807) is 0 Å². The summed E-state index contributed by atoms with van der Waals surface area (Å²) < 4.78 is 2.17.